The zero-order chi connectivity index (χ0) is 10.7. The van der Waals surface area contributed by atoms with Gasteiger partial charge in [0.25, 0.3) is 0 Å². The summed E-state index contributed by atoms with van der Waals surface area (Å²) in [6, 6.07) is 0. The molecule has 2 N–H and O–H groups in total. The van der Waals surface area contributed by atoms with Crippen LogP contribution in [0.3, 0.4) is 0 Å². The molecule has 15 heavy (non-hydrogen) atoms. The molecule has 0 aromatic carbocycles. The summed E-state index contributed by atoms with van der Waals surface area (Å²) in [6.07, 6.45) is 10.6. The molecule has 1 unspecified atom stereocenters. The molecule has 0 aliphatic carbocycles. The Hall–Kier alpha value is -1.88. The zero-order valence-corrected chi connectivity index (χ0v) is 8.37. The summed E-state index contributed by atoms with van der Waals surface area (Å²) in [4.78, 5) is 10.0. The maximum absolute atomic E-state index is 5.57. The third-order valence-electron chi connectivity index (χ3n) is 2.05. The van der Waals surface area contributed by atoms with Crippen LogP contribution < -0.4 is 10.6 Å². The third-order valence-corrected chi connectivity index (χ3v) is 2.05. The minimum absolute atomic E-state index is 0.161. The number of anilines is 2. The molecule has 0 fully saturated rings. The molecule has 2 rings (SSSR count). The van der Waals surface area contributed by atoms with Crippen LogP contribution in [-0.4, -0.2) is 23.3 Å². The first-order valence-electron chi connectivity index (χ1n) is 4.55. The molecule has 0 amide bonds. The predicted octanol–water partition coefficient (Wildman–Crippen LogP) is 0.921. The van der Waals surface area contributed by atoms with Gasteiger partial charge in [0.2, 0.25) is 0 Å². The Morgan fingerprint density at radius 2 is 2.27 bits per heavy atom. The number of allylic oxidation sites excluding steroid dienone is 2. The van der Waals surface area contributed by atoms with E-state index in [1.54, 1.807) is 13.3 Å². The summed E-state index contributed by atoms with van der Waals surface area (Å²) in [5.41, 5.74) is 5.57. The number of nitrogens with zero attached hydrogens (tertiary/aromatic N) is 3. The van der Waals surface area contributed by atoms with Gasteiger partial charge in [-0.15, -0.1) is 0 Å². The van der Waals surface area contributed by atoms with E-state index in [0.29, 0.717) is 11.6 Å². The van der Waals surface area contributed by atoms with Gasteiger partial charge in [0.15, 0.2) is 12.0 Å². The highest BCUT2D eigenvalue weighted by atomic mass is 16.5. The molecule has 2 heterocycles. The number of aromatic nitrogens is 2. The van der Waals surface area contributed by atoms with Gasteiger partial charge in [-0.25, -0.2) is 4.98 Å². The standard InChI is InChI=1S/C10H12N4O/c1-15-10-4-2-3-5-14(10)9-7-12-6-8(11)13-9/h2-7,10H,1H3,(H2,11,13). The van der Waals surface area contributed by atoms with Crippen molar-refractivity contribution < 1.29 is 4.74 Å². The van der Waals surface area contributed by atoms with Crippen molar-refractivity contribution in [2.45, 2.75) is 6.23 Å². The van der Waals surface area contributed by atoms with Crippen LogP contribution in [0.2, 0.25) is 0 Å². The maximum Gasteiger partial charge on any atom is 0.155 e. The predicted molar refractivity (Wildman–Crippen MR) is 58.0 cm³/mol. The lowest BCUT2D eigenvalue weighted by Crippen LogP contribution is -2.32. The van der Waals surface area contributed by atoms with E-state index in [-0.39, 0.29) is 6.23 Å². The summed E-state index contributed by atoms with van der Waals surface area (Å²) >= 11 is 0. The molecule has 1 aliphatic rings. The topological polar surface area (TPSA) is 64.3 Å². The van der Waals surface area contributed by atoms with Gasteiger partial charge in [0, 0.05) is 13.3 Å². The van der Waals surface area contributed by atoms with Crippen molar-refractivity contribution in [2.24, 2.45) is 0 Å². The zero-order valence-electron chi connectivity index (χ0n) is 8.37. The van der Waals surface area contributed by atoms with Crippen LogP contribution >= 0.6 is 0 Å². The second-order valence-electron chi connectivity index (χ2n) is 3.06. The third kappa shape index (κ3) is 1.97. The molecule has 0 bridgehead atoms. The Morgan fingerprint density at radius 1 is 1.40 bits per heavy atom. The van der Waals surface area contributed by atoms with Crippen LogP contribution in [-0.2, 0) is 4.74 Å². The summed E-state index contributed by atoms with van der Waals surface area (Å²) in [7, 11) is 1.64. The minimum atomic E-state index is -0.161. The van der Waals surface area contributed by atoms with E-state index in [4.69, 9.17) is 10.5 Å². The van der Waals surface area contributed by atoms with Crippen molar-refractivity contribution in [3.8, 4) is 0 Å². The van der Waals surface area contributed by atoms with E-state index in [0.717, 1.165) is 0 Å². The highest BCUT2D eigenvalue weighted by molar-refractivity contribution is 5.47. The smallest absolute Gasteiger partial charge is 0.155 e. The molecule has 1 aromatic rings. The van der Waals surface area contributed by atoms with E-state index in [1.165, 1.54) is 6.20 Å². The number of nitrogens with two attached hydrogens (primary N) is 1. The van der Waals surface area contributed by atoms with Crippen LogP contribution in [0.4, 0.5) is 11.6 Å². The highest BCUT2D eigenvalue weighted by Gasteiger charge is 2.16. The second-order valence-corrected chi connectivity index (χ2v) is 3.06. The molecular formula is C10H12N4O. The normalized spacial score (nSPS) is 19.5. The summed E-state index contributed by atoms with van der Waals surface area (Å²) in [5.74, 6) is 1.06. The molecule has 1 atom stereocenters. The van der Waals surface area contributed by atoms with Crippen molar-refractivity contribution in [1.82, 2.24) is 9.97 Å². The Labute approximate surface area is 87.9 Å². The van der Waals surface area contributed by atoms with E-state index in [2.05, 4.69) is 9.97 Å². The van der Waals surface area contributed by atoms with Crippen molar-refractivity contribution in [2.75, 3.05) is 17.7 Å². The van der Waals surface area contributed by atoms with Crippen molar-refractivity contribution in [3.05, 3.63) is 36.8 Å². The van der Waals surface area contributed by atoms with Crippen molar-refractivity contribution in [1.29, 1.82) is 0 Å². The summed E-state index contributed by atoms with van der Waals surface area (Å²) in [5, 5.41) is 0. The number of nitrogen functional groups attached to an aromatic ring is 1. The Balaban J connectivity index is 2.29. The molecule has 1 aliphatic heterocycles. The quantitative estimate of drug-likeness (QED) is 0.776. The van der Waals surface area contributed by atoms with Crippen LogP contribution in [0.15, 0.2) is 36.8 Å². The minimum Gasteiger partial charge on any atom is -0.382 e. The first kappa shape index (κ1) is 9.67. The molecule has 78 valence electrons. The van der Waals surface area contributed by atoms with Crippen LogP contribution in [0, 0.1) is 0 Å². The van der Waals surface area contributed by atoms with Gasteiger partial charge in [0.05, 0.1) is 12.4 Å². The molecule has 5 heteroatoms. The first-order chi connectivity index (χ1) is 7.31. The Kier molecular flexibility index (Phi) is 2.64. The van der Waals surface area contributed by atoms with E-state index in [9.17, 15) is 0 Å². The number of ether oxygens (including phenoxy) is 1. The van der Waals surface area contributed by atoms with E-state index in [1.807, 2.05) is 29.3 Å². The maximum atomic E-state index is 5.57. The fourth-order valence-electron chi connectivity index (χ4n) is 1.37. The van der Waals surface area contributed by atoms with Crippen molar-refractivity contribution >= 4 is 11.6 Å². The lowest BCUT2D eigenvalue weighted by molar-refractivity contribution is 0.143. The van der Waals surface area contributed by atoms with Gasteiger partial charge in [0.1, 0.15) is 5.82 Å². The monoisotopic (exact) mass is 204 g/mol. The molecular weight excluding hydrogens is 192 g/mol. The van der Waals surface area contributed by atoms with Gasteiger partial charge in [-0.1, -0.05) is 6.08 Å². The first-order valence-corrected chi connectivity index (χ1v) is 4.55. The number of hydrogen-bond acceptors (Lipinski definition) is 5. The fraction of sp³-hybridized carbons (Fsp3) is 0.200. The molecule has 0 saturated carbocycles. The molecule has 0 spiro atoms. The largest absolute Gasteiger partial charge is 0.382 e. The summed E-state index contributed by atoms with van der Waals surface area (Å²) in [6.45, 7) is 0. The van der Waals surface area contributed by atoms with E-state index >= 15 is 0 Å². The molecule has 5 nitrogen and oxygen atoms in total. The van der Waals surface area contributed by atoms with Gasteiger partial charge in [-0.2, -0.15) is 0 Å². The Bertz CT molecular complexity index is 402. The average Bonchev–Trinajstić information content (AvgIpc) is 2.29. The summed E-state index contributed by atoms with van der Waals surface area (Å²) < 4.78 is 5.28. The van der Waals surface area contributed by atoms with Gasteiger partial charge in [-0.3, -0.25) is 4.98 Å². The second kappa shape index (κ2) is 4.10. The highest BCUT2D eigenvalue weighted by Crippen LogP contribution is 2.18. The van der Waals surface area contributed by atoms with Gasteiger partial charge < -0.3 is 15.4 Å². The van der Waals surface area contributed by atoms with Gasteiger partial charge >= 0.3 is 0 Å². The fourth-order valence-corrected chi connectivity index (χ4v) is 1.37. The molecule has 1 aromatic heterocycles. The van der Waals surface area contributed by atoms with Gasteiger partial charge in [-0.05, 0) is 12.2 Å². The lowest BCUT2D eigenvalue weighted by atomic mass is 10.3. The van der Waals surface area contributed by atoms with E-state index < -0.39 is 0 Å². The number of methoxy groups -OCH3 is 1. The van der Waals surface area contributed by atoms with Crippen LogP contribution in [0.1, 0.15) is 0 Å². The molecule has 0 saturated heterocycles. The Morgan fingerprint density at radius 3 is 3.00 bits per heavy atom. The van der Waals surface area contributed by atoms with Crippen LogP contribution in [0.5, 0.6) is 0 Å². The SMILES string of the molecule is COC1C=CC=CN1c1cncc(N)n1. The van der Waals surface area contributed by atoms with Crippen molar-refractivity contribution in [3.63, 3.8) is 0 Å². The number of rotatable bonds is 2. The number of hydrogen-bond donors (Lipinski definition) is 1. The van der Waals surface area contributed by atoms with Crippen LogP contribution in [0.25, 0.3) is 0 Å². The lowest BCUT2D eigenvalue weighted by Gasteiger charge is -2.27. The molecule has 0 radical (unpaired) electrons. The average molecular weight is 204 g/mol.